The number of fused-ring (bicyclic) bond motifs is 4. The number of aromatic nitrogens is 2. The van der Waals surface area contributed by atoms with Gasteiger partial charge in [0.1, 0.15) is 22.7 Å². The fourth-order valence-corrected chi connectivity index (χ4v) is 10.1. The number of furan rings is 1. The molecule has 0 N–H and O–H groups in total. The predicted octanol–water partition coefficient (Wildman–Crippen LogP) is 17.5. The maximum atomic E-state index is 9.99. The molecule has 0 unspecified atom stereocenters. The second-order valence-electron chi connectivity index (χ2n) is 19.9. The zero-order valence-electron chi connectivity index (χ0n) is 48.3. The van der Waals surface area contributed by atoms with Crippen molar-refractivity contribution in [2.45, 2.75) is 94.7 Å². The molecule has 1 aliphatic rings. The molecule has 10 rings (SSSR count). The van der Waals surface area contributed by atoms with E-state index in [-0.39, 0.29) is 44.6 Å². The molecule has 326 valence electrons. The van der Waals surface area contributed by atoms with Crippen LogP contribution in [0, 0.1) is 50.6 Å². The zero-order valence-corrected chi connectivity index (χ0v) is 38.3. The summed E-state index contributed by atoms with van der Waals surface area (Å²) in [4.78, 5) is 9.49. The first kappa shape index (κ1) is 32.2. The fourth-order valence-electron chi connectivity index (χ4n) is 10.1. The number of pyridine rings is 2. The van der Waals surface area contributed by atoms with Gasteiger partial charge in [-0.25, -0.2) is 0 Å². The van der Waals surface area contributed by atoms with Gasteiger partial charge < -0.3 is 9.15 Å². The largest absolute Gasteiger partial charge is 0.457 e. The number of hydrogen-bond acceptors (Lipinski definition) is 4. The molecule has 6 aromatic carbocycles. The Bertz CT molecular complexity index is 3710. The highest BCUT2D eigenvalue weighted by Crippen LogP contribution is 2.63. The van der Waals surface area contributed by atoms with E-state index in [1.54, 1.807) is 36.4 Å². The minimum absolute atomic E-state index is 0.0278. The normalized spacial score (nSPS) is 19.1. The van der Waals surface area contributed by atoms with E-state index < -0.39 is 32.0 Å². The quantitative estimate of drug-likeness (QED) is 0.160. The van der Waals surface area contributed by atoms with Gasteiger partial charge in [0, 0.05) is 48.0 Å². The van der Waals surface area contributed by atoms with Crippen molar-refractivity contribution in [2.24, 2.45) is 16.2 Å². The van der Waals surface area contributed by atoms with Crippen molar-refractivity contribution in [1.29, 1.82) is 0 Å². The summed E-state index contributed by atoms with van der Waals surface area (Å²) in [5, 5.41) is 3.49. The number of aryl methyl sites for hydroxylation is 4. The van der Waals surface area contributed by atoms with Gasteiger partial charge in [-0.1, -0.05) is 114 Å². The van der Waals surface area contributed by atoms with Crippen molar-refractivity contribution < 1.29 is 22.9 Å². The molecular weight excluding hydrogens is 793 g/mol. The summed E-state index contributed by atoms with van der Waals surface area (Å²) in [6, 6.07) is 37.5. The van der Waals surface area contributed by atoms with Crippen LogP contribution >= 0.6 is 0 Å². The lowest BCUT2D eigenvalue weighted by Gasteiger charge is -2.59. The number of hydrogen-bond donors (Lipinski definition) is 0. The van der Waals surface area contributed by atoms with Gasteiger partial charge in [0.05, 0.1) is 11.4 Å². The molecule has 4 heteroatoms. The standard InChI is InChI=1S/C61H60N2O2/c1-36-24-54(62-34-38(36)3)45-26-50(41-17-13-12-14-18-41)40(5)56(28-45)64-47-29-52-51-25-42-19-15-16-20-43(42)27-57(51)65-58(52)53(30-47)55-31-49(39(4)35-63-55)48-22-21-44(23-37(48)2)46-32-59(6,7)61(10,11)60(8,9)33-46/h12-31,34-35,46H,32-33H2,1-11H3/i1D3,3D3,5D3,46D. The molecule has 9 aromatic rings. The molecule has 3 heterocycles. The topological polar surface area (TPSA) is 48.2 Å². The van der Waals surface area contributed by atoms with E-state index in [1.165, 1.54) is 12.1 Å². The molecule has 0 atom stereocenters. The van der Waals surface area contributed by atoms with Crippen LogP contribution in [0.25, 0.3) is 77.5 Å². The molecule has 0 saturated heterocycles. The van der Waals surface area contributed by atoms with Crippen molar-refractivity contribution >= 4 is 32.7 Å². The van der Waals surface area contributed by atoms with Gasteiger partial charge in [0.2, 0.25) is 0 Å². The van der Waals surface area contributed by atoms with Gasteiger partial charge in [-0.05, 0) is 184 Å². The summed E-state index contributed by atoms with van der Waals surface area (Å²) < 4.78 is 99.7. The minimum atomic E-state index is -2.80. The maximum absolute atomic E-state index is 9.99. The first-order valence-corrected chi connectivity index (χ1v) is 22.4. The van der Waals surface area contributed by atoms with E-state index in [0.717, 1.165) is 63.0 Å². The summed E-state index contributed by atoms with van der Waals surface area (Å²) in [5.41, 5.74) is 7.59. The van der Waals surface area contributed by atoms with Crippen LogP contribution in [0.4, 0.5) is 0 Å². The van der Waals surface area contributed by atoms with Crippen molar-refractivity contribution in [3.8, 4) is 56.3 Å². The summed E-state index contributed by atoms with van der Waals surface area (Å²) in [7, 11) is 0. The van der Waals surface area contributed by atoms with E-state index in [2.05, 4.69) is 77.7 Å². The molecular formula is C61H60N2O2. The van der Waals surface area contributed by atoms with Crippen molar-refractivity contribution in [3.63, 3.8) is 0 Å². The van der Waals surface area contributed by atoms with Crippen LogP contribution in [0.15, 0.2) is 138 Å². The Hall–Kier alpha value is -6.52. The van der Waals surface area contributed by atoms with Crippen molar-refractivity contribution in [2.75, 3.05) is 0 Å². The van der Waals surface area contributed by atoms with Crippen LogP contribution in [-0.4, -0.2) is 9.97 Å². The SMILES string of the molecule is [2H]C([2H])([2H])c1cnc(-c2cc(Oc3cc(-c4cc(-c5ccc(C6([2H])CC(C)(C)C(C)(C)C(C)(C)C6)cc5C)c(C)cn4)c4oc5cc6ccccc6cc5c4c3)c(C([2H])([2H])[2H])c(-c3ccccc3)c2)cc1C([2H])([2H])[2H]. The summed E-state index contributed by atoms with van der Waals surface area (Å²) in [5.74, 6) is -0.540. The molecule has 0 spiro atoms. The van der Waals surface area contributed by atoms with Gasteiger partial charge in [-0.2, -0.15) is 0 Å². The van der Waals surface area contributed by atoms with Crippen LogP contribution in [-0.2, 0) is 0 Å². The molecule has 4 nitrogen and oxygen atoms in total. The second kappa shape index (κ2) is 15.6. The van der Waals surface area contributed by atoms with E-state index in [9.17, 15) is 1.37 Å². The number of ether oxygens (including phenoxy) is 1. The third-order valence-corrected chi connectivity index (χ3v) is 15.0. The molecule has 0 amide bonds. The molecule has 1 saturated carbocycles. The first-order valence-electron chi connectivity index (χ1n) is 27.4. The van der Waals surface area contributed by atoms with Crippen LogP contribution in [0.2, 0.25) is 0 Å². The lowest BCUT2D eigenvalue weighted by molar-refractivity contribution is -0.0744. The van der Waals surface area contributed by atoms with Crippen LogP contribution in [0.1, 0.15) is 107 Å². The van der Waals surface area contributed by atoms with Crippen molar-refractivity contribution in [3.05, 3.63) is 167 Å². The predicted molar refractivity (Wildman–Crippen MR) is 272 cm³/mol. The van der Waals surface area contributed by atoms with Gasteiger partial charge in [0.15, 0.2) is 0 Å². The highest BCUT2D eigenvalue weighted by molar-refractivity contribution is 6.13. The number of benzene rings is 6. The lowest BCUT2D eigenvalue weighted by atomic mass is 9.46. The zero-order chi connectivity index (χ0) is 54.0. The molecule has 0 radical (unpaired) electrons. The van der Waals surface area contributed by atoms with Gasteiger partial charge in [0.25, 0.3) is 0 Å². The van der Waals surface area contributed by atoms with E-state index in [4.69, 9.17) is 26.5 Å². The molecule has 0 aliphatic heterocycles. The van der Waals surface area contributed by atoms with E-state index in [0.29, 0.717) is 44.5 Å². The lowest BCUT2D eigenvalue weighted by Crippen LogP contribution is -2.49. The van der Waals surface area contributed by atoms with Crippen LogP contribution in [0.3, 0.4) is 0 Å². The maximum Gasteiger partial charge on any atom is 0.145 e. The molecule has 0 bridgehead atoms. The van der Waals surface area contributed by atoms with Crippen molar-refractivity contribution in [1.82, 2.24) is 9.97 Å². The minimum Gasteiger partial charge on any atom is -0.457 e. The Kier molecular flexibility index (Phi) is 7.72. The van der Waals surface area contributed by atoms with E-state index in [1.807, 2.05) is 61.7 Å². The average Bonchev–Trinajstić information content (AvgIpc) is 3.68. The Balaban J connectivity index is 1.16. The highest BCUT2D eigenvalue weighted by atomic mass is 16.5. The Morgan fingerprint density at radius 3 is 2.02 bits per heavy atom. The number of rotatable bonds is 7. The summed E-state index contributed by atoms with van der Waals surface area (Å²) >= 11 is 0. The number of nitrogens with zero attached hydrogens (tertiary/aromatic N) is 2. The summed E-state index contributed by atoms with van der Waals surface area (Å²) in [6.45, 7) is 9.73. The Labute approximate surface area is 398 Å². The second-order valence-corrected chi connectivity index (χ2v) is 19.9. The van der Waals surface area contributed by atoms with Gasteiger partial charge >= 0.3 is 0 Å². The molecule has 3 aromatic heterocycles. The smallest absolute Gasteiger partial charge is 0.145 e. The monoisotopic (exact) mass is 863 g/mol. The van der Waals surface area contributed by atoms with Gasteiger partial charge in [-0.3, -0.25) is 9.97 Å². The molecule has 65 heavy (non-hydrogen) atoms. The third kappa shape index (κ3) is 7.32. The van der Waals surface area contributed by atoms with Crippen LogP contribution < -0.4 is 4.74 Å². The first-order chi connectivity index (χ1) is 35.0. The third-order valence-electron chi connectivity index (χ3n) is 15.0. The summed E-state index contributed by atoms with van der Waals surface area (Å²) in [6.07, 6.45) is 4.38. The Morgan fingerprint density at radius 2 is 1.29 bits per heavy atom. The molecule has 1 fully saturated rings. The highest BCUT2D eigenvalue weighted by Gasteiger charge is 2.53. The van der Waals surface area contributed by atoms with Gasteiger partial charge in [-0.15, -0.1) is 0 Å². The molecule has 1 aliphatic carbocycles. The van der Waals surface area contributed by atoms with Crippen LogP contribution in [0.5, 0.6) is 11.5 Å². The van der Waals surface area contributed by atoms with E-state index >= 15 is 0 Å². The fraction of sp³-hybridized carbons (Fsp3) is 0.279. The Morgan fingerprint density at radius 1 is 0.585 bits per heavy atom. The average molecular weight is 863 g/mol.